The van der Waals surface area contributed by atoms with Crippen molar-refractivity contribution in [3.05, 3.63) is 130 Å². The maximum Gasteiger partial charge on any atom is 0.131 e. The maximum absolute atomic E-state index is 6.23. The molecule has 2 aliphatic carbocycles. The lowest BCUT2D eigenvalue weighted by atomic mass is 9.76. The molecule has 0 fully saturated rings. The van der Waals surface area contributed by atoms with E-state index in [9.17, 15) is 0 Å². The Balaban J connectivity index is 1.64. The topological polar surface area (TPSA) is 9.23 Å². The summed E-state index contributed by atoms with van der Waals surface area (Å²) in [7, 11) is 1.82. The van der Waals surface area contributed by atoms with E-state index in [1.165, 1.54) is 72.4 Å². The molecule has 1 atom stereocenters. The van der Waals surface area contributed by atoms with Gasteiger partial charge in [-0.05, 0) is 86.9 Å². The summed E-state index contributed by atoms with van der Waals surface area (Å²) in [6.07, 6.45) is 4.84. The summed E-state index contributed by atoms with van der Waals surface area (Å²) in [6.45, 7) is 18.4. The highest BCUT2D eigenvalue weighted by molar-refractivity contribution is 5.98. The van der Waals surface area contributed by atoms with Gasteiger partial charge in [-0.3, -0.25) is 0 Å². The molecule has 0 amide bonds. The lowest BCUT2D eigenvalue weighted by molar-refractivity contribution is 0.399. The molecule has 0 saturated heterocycles. The molecule has 1 nitrogen and oxygen atoms in total. The number of methoxy groups -OCH3 is 1. The van der Waals surface area contributed by atoms with Gasteiger partial charge < -0.3 is 4.74 Å². The fourth-order valence-electron chi connectivity index (χ4n) is 6.93. The lowest BCUT2D eigenvalue weighted by Crippen LogP contribution is -2.16. The molecule has 4 aromatic carbocycles. The molecule has 4 aromatic rings. The average Bonchev–Trinajstić information content (AvgIpc) is 3.45. The molecule has 0 heterocycles. The van der Waals surface area contributed by atoms with Gasteiger partial charge in [0.15, 0.2) is 0 Å². The summed E-state index contributed by atoms with van der Waals surface area (Å²) in [5.41, 5.74) is 17.2. The van der Waals surface area contributed by atoms with Crippen molar-refractivity contribution in [2.75, 3.05) is 7.11 Å². The van der Waals surface area contributed by atoms with E-state index in [0.717, 1.165) is 5.75 Å². The molecule has 2 aliphatic rings. The Morgan fingerprint density at radius 3 is 1.88 bits per heavy atom. The highest BCUT2D eigenvalue weighted by atomic mass is 16.5. The summed E-state index contributed by atoms with van der Waals surface area (Å²) in [5.74, 6) is 1.16. The fourth-order valence-corrected chi connectivity index (χ4v) is 6.93. The van der Waals surface area contributed by atoms with Crippen molar-refractivity contribution in [1.82, 2.24) is 0 Å². The first kappa shape index (κ1) is 28.3. The number of rotatable bonds is 4. The van der Waals surface area contributed by atoms with Crippen LogP contribution in [0.15, 0.2) is 90.0 Å². The van der Waals surface area contributed by atoms with Crippen LogP contribution in [0.5, 0.6) is 5.75 Å². The van der Waals surface area contributed by atoms with Crippen LogP contribution in [-0.4, -0.2) is 7.11 Å². The summed E-state index contributed by atoms with van der Waals surface area (Å²) >= 11 is 0. The zero-order chi connectivity index (χ0) is 30.0. The quantitative estimate of drug-likeness (QED) is 0.245. The van der Waals surface area contributed by atoms with Crippen molar-refractivity contribution in [2.45, 2.75) is 72.1 Å². The van der Waals surface area contributed by atoms with Crippen molar-refractivity contribution >= 4 is 11.6 Å². The van der Waals surface area contributed by atoms with Crippen molar-refractivity contribution in [3.8, 4) is 28.0 Å². The van der Waals surface area contributed by atoms with E-state index in [2.05, 4.69) is 147 Å². The number of allylic oxidation sites excluding steroid dienone is 3. The van der Waals surface area contributed by atoms with E-state index in [1.54, 1.807) is 0 Å². The van der Waals surface area contributed by atoms with Gasteiger partial charge in [-0.2, -0.15) is 0 Å². The first-order valence-electron chi connectivity index (χ1n) is 15.2. The highest BCUT2D eigenvalue weighted by Gasteiger charge is 2.38. The second-order valence-electron chi connectivity index (χ2n) is 14.1. The summed E-state index contributed by atoms with van der Waals surface area (Å²) in [6, 6.07) is 29.0. The fraction of sp³-hybridized carbons (Fsp3) is 0.293. The van der Waals surface area contributed by atoms with Gasteiger partial charge in [0.2, 0.25) is 0 Å². The van der Waals surface area contributed by atoms with Crippen LogP contribution in [0.1, 0.15) is 94.7 Å². The summed E-state index contributed by atoms with van der Waals surface area (Å²) in [4.78, 5) is 0. The second-order valence-corrected chi connectivity index (χ2v) is 14.1. The molecular weight excluding hydrogens is 508 g/mol. The Morgan fingerprint density at radius 2 is 1.31 bits per heavy atom. The normalized spacial score (nSPS) is 16.4. The molecule has 0 aliphatic heterocycles. The first-order valence-corrected chi connectivity index (χ1v) is 15.2. The molecule has 0 saturated carbocycles. The number of hydrogen-bond donors (Lipinski definition) is 0. The number of fused-ring (bicyclic) bond motifs is 2. The third-order valence-corrected chi connectivity index (χ3v) is 9.04. The van der Waals surface area contributed by atoms with Crippen LogP contribution in [0.2, 0.25) is 0 Å². The predicted octanol–water partition coefficient (Wildman–Crippen LogP) is 11.2. The van der Waals surface area contributed by atoms with Crippen LogP contribution in [0.4, 0.5) is 0 Å². The van der Waals surface area contributed by atoms with Gasteiger partial charge >= 0.3 is 0 Å². The first-order chi connectivity index (χ1) is 19.9. The van der Waals surface area contributed by atoms with Gasteiger partial charge in [0.1, 0.15) is 5.75 Å². The standard InChI is InChI=1S/C41H43O/c1-25-20-29-22-30(40(3,4)5)23-31(27-16-12-10-13-17-27)37(29)36(25)35-26(2)21-32-33(35)24-34(41(6,7)8)39(42-9)38(32)28-18-14-11-15-19-28/h10-24,35H,1-9H3. The van der Waals surface area contributed by atoms with Crippen molar-refractivity contribution in [3.63, 3.8) is 0 Å². The largest absolute Gasteiger partial charge is 0.496 e. The monoisotopic (exact) mass is 551 g/mol. The molecule has 213 valence electrons. The van der Waals surface area contributed by atoms with E-state index in [1.807, 2.05) is 7.11 Å². The van der Waals surface area contributed by atoms with Crippen molar-refractivity contribution < 1.29 is 4.74 Å². The van der Waals surface area contributed by atoms with E-state index in [4.69, 9.17) is 4.74 Å². The van der Waals surface area contributed by atoms with Crippen LogP contribution in [-0.2, 0) is 10.8 Å². The molecule has 6 rings (SSSR count). The molecule has 1 unspecified atom stereocenters. The van der Waals surface area contributed by atoms with Gasteiger partial charge in [0.05, 0.1) is 7.11 Å². The van der Waals surface area contributed by atoms with Crippen molar-refractivity contribution in [1.29, 1.82) is 0 Å². The third-order valence-electron chi connectivity index (χ3n) is 9.04. The third kappa shape index (κ3) is 4.64. The minimum Gasteiger partial charge on any atom is -0.496 e. The molecular formula is C41H43O. The van der Waals surface area contributed by atoms with Crippen LogP contribution < -0.4 is 4.74 Å². The van der Waals surface area contributed by atoms with Gasteiger partial charge in [-0.15, -0.1) is 0 Å². The SMILES string of the molecule is COc1c(C(C)(C)C)cc2c(c1-c1ccccc1)C=C(C)C2C1=C(C)[CH]c2cc(C(C)(C)C)cc(-c3ccccc3)c21. The van der Waals surface area contributed by atoms with E-state index in [0.29, 0.717) is 0 Å². The molecule has 0 bridgehead atoms. The van der Waals surface area contributed by atoms with Crippen LogP contribution in [0.3, 0.4) is 0 Å². The lowest BCUT2D eigenvalue weighted by Gasteiger charge is -2.29. The van der Waals surface area contributed by atoms with Gasteiger partial charge in [0, 0.05) is 23.5 Å². The Hall–Kier alpha value is -3.84. The molecule has 0 aromatic heterocycles. The molecule has 42 heavy (non-hydrogen) atoms. The van der Waals surface area contributed by atoms with Gasteiger partial charge in [-0.1, -0.05) is 125 Å². The molecule has 0 N–H and O–H groups in total. The Kier molecular flexibility index (Phi) is 6.84. The van der Waals surface area contributed by atoms with E-state index in [-0.39, 0.29) is 16.7 Å². The summed E-state index contributed by atoms with van der Waals surface area (Å²) in [5, 5.41) is 0. The van der Waals surface area contributed by atoms with Gasteiger partial charge in [-0.25, -0.2) is 0 Å². The Bertz CT molecular complexity index is 1740. The number of ether oxygens (including phenoxy) is 1. The smallest absolute Gasteiger partial charge is 0.131 e. The highest BCUT2D eigenvalue weighted by Crippen LogP contribution is 2.57. The Morgan fingerprint density at radius 1 is 0.690 bits per heavy atom. The minimum atomic E-state index is -0.0785. The maximum atomic E-state index is 6.23. The van der Waals surface area contributed by atoms with Gasteiger partial charge in [0.25, 0.3) is 0 Å². The zero-order valence-corrected chi connectivity index (χ0v) is 26.6. The van der Waals surface area contributed by atoms with E-state index >= 15 is 0 Å². The van der Waals surface area contributed by atoms with Crippen LogP contribution in [0, 0.1) is 6.42 Å². The molecule has 0 spiro atoms. The number of hydrogen-bond acceptors (Lipinski definition) is 1. The second kappa shape index (κ2) is 10.2. The zero-order valence-electron chi connectivity index (χ0n) is 26.6. The van der Waals surface area contributed by atoms with Crippen LogP contribution in [0.25, 0.3) is 33.9 Å². The predicted molar refractivity (Wildman–Crippen MR) is 180 cm³/mol. The average molecular weight is 552 g/mol. The molecule has 1 heteroatoms. The van der Waals surface area contributed by atoms with Crippen molar-refractivity contribution in [2.24, 2.45) is 0 Å². The summed E-state index contributed by atoms with van der Waals surface area (Å²) < 4.78 is 6.23. The van der Waals surface area contributed by atoms with Crippen LogP contribution >= 0.6 is 0 Å². The number of benzene rings is 4. The van der Waals surface area contributed by atoms with E-state index < -0.39 is 0 Å². The minimum absolute atomic E-state index is 0.0571. The molecule has 1 radical (unpaired) electrons. The Labute approximate surface area is 253 Å².